The third-order valence-electron chi connectivity index (χ3n) is 5.96. The molecule has 1 saturated heterocycles. The zero-order valence-corrected chi connectivity index (χ0v) is 19.6. The lowest BCUT2D eigenvalue weighted by molar-refractivity contribution is -0.221. The molecule has 0 aliphatic carbocycles. The molecule has 1 aliphatic heterocycles. The number of esters is 1. The number of nitrogens with two attached hydrogens (primary N) is 1. The number of ether oxygens (including phenoxy) is 2. The largest absolute Gasteiger partial charge is 0.508 e. The van der Waals surface area contributed by atoms with Crippen LogP contribution in [0.25, 0.3) is 0 Å². The second-order valence-corrected chi connectivity index (χ2v) is 8.79. The molecule has 35 heavy (non-hydrogen) atoms. The fourth-order valence-electron chi connectivity index (χ4n) is 4.11. The number of rotatable bonds is 9. The predicted octanol–water partition coefficient (Wildman–Crippen LogP) is 3.56. The van der Waals surface area contributed by atoms with Crippen molar-refractivity contribution in [2.75, 3.05) is 19.7 Å². The fourth-order valence-corrected chi connectivity index (χ4v) is 4.11. The summed E-state index contributed by atoms with van der Waals surface area (Å²) < 4.78 is 49.7. The summed E-state index contributed by atoms with van der Waals surface area (Å²) in [5.74, 6) is -3.60. The number of phenolic OH excluding ortho intramolecular Hbond substituents is 1. The first kappa shape index (κ1) is 26.5. The summed E-state index contributed by atoms with van der Waals surface area (Å²) in [6.45, 7) is 4.45. The van der Waals surface area contributed by atoms with Crippen LogP contribution in [0, 0.1) is 6.92 Å². The summed E-state index contributed by atoms with van der Waals surface area (Å²) >= 11 is 0. The summed E-state index contributed by atoms with van der Waals surface area (Å²) in [7, 11) is 0. The number of hydrogen-bond donors (Lipinski definition) is 2. The number of aryl methyl sites for hydroxylation is 1. The SMILES string of the molecule is CCCCOC1(c2ccccc2C)CN(C(=O)C(N)(Cc2ccc(O)cc2)OC(=O)C(F)(F)F)C1. The van der Waals surface area contributed by atoms with E-state index < -0.39 is 35.8 Å². The maximum Gasteiger partial charge on any atom is 0.491 e. The molecule has 10 heteroatoms. The van der Waals surface area contributed by atoms with E-state index in [0.717, 1.165) is 24.0 Å². The van der Waals surface area contributed by atoms with Gasteiger partial charge in [-0.15, -0.1) is 0 Å². The Labute approximate surface area is 201 Å². The number of alkyl halides is 3. The van der Waals surface area contributed by atoms with E-state index in [1.54, 1.807) is 0 Å². The van der Waals surface area contributed by atoms with Crippen molar-refractivity contribution in [3.8, 4) is 5.75 Å². The molecule has 190 valence electrons. The second kappa shape index (κ2) is 10.2. The van der Waals surface area contributed by atoms with Crippen LogP contribution in [-0.4, -0.2) is 53.5 Å². The Morgan fingerprint density at radius 3 is 2.31 bits per heavy atom. The molecule has 2 aromatic carbocycles. The van der Waals surface area contributed by atoms with Gasteiger partial charge in [0, 0.05) is 13.0 Å². The number of nitrogens with zero attached hydrogens (tertiary/aromatic N) is 1. The third-order valence-corrected chi connectivity index (χ3v) is 5.96. The highest BCUT2D eigenvalue weighted by molar-refractivity contribution is 5.89. The normalized spacial score (nSPS) is 16.8. The van der Waals surface area contributed by atoms with Crippen molar-refractivity contribution in [3.05, 3.63) is 65.2 Å². The minimum Gasteiger partial charge on any atom is -0.508 e. The first-order valence-electron chi connectivity index (χ1n) is 11.3. The molecule has 0 spiro atoms. The Balaban J connectivity index is 1.87. The van der Waals surface area contributed by atoms with Gasteiger partial charge in [0.15, 0.2) is 0 Å². The van der Waals surface area contributed by atoms with Crippen molar-refractivity contribution in [1.82, 2.24) is 4.90 Å². The van der Waals surface area contributed by atoms with E-state index in [9.17, 15) is 27.9 Å². The van der Waals surface area contributed by atoms with Gasteiger partial charge in [0.1, 0.15) is 11.4 Å². The van der Waals surface area contributed by atoms with Gasteiger partial charge in [-0.3, -0.25) is 10.5 Å². The number of carbonyl (C=O) groups is 2. The highest BCUT2D eigenvalue weighted by Crippen LogP contribution is 2.39. The van der Waals surface area contributed by atoms with E-state index in [2.05, 4.69) is 4.74 Å². The van der Waals surface area contributed by atoms with Crippen LogP contribution in [0.1, 0.15) is 36.5 Å². The van der Waals surface area contributed by atoms with Crippen molar-refractivity contribution in [1.29, 1.82) is 0 Å². The minimum absolute atomic E-state index is 0.0402. The molecule has 1 unspecified atom stereocenters. The molecule has 2 aromatic rings. The molecule has 1 fully saturated rings. The molecule has 0 aromatic heterocycles. The molecule has 0 saturated carbocycles. The van der Waals surface area contributed by atoms with Gasteiger partial charge in [-0.2, -0.15) is 13.2 Å². The first-order valence-corrected chi connectivity index (χ1v) is 11.3. The highest BCUT2D eigenvalue weighted by atomic mass is 19.4. The number of halogens is 3. The van der Waals surface area contributed by atoms with E-state index in [1.807, 2.05) is 38.1 Å². The van der Waals surface area contributed by atoms with Crippen molar-refractivity contribution in [2.24, 2.45) is 5.73 Å². The maximum atomic E-state index is 13.4. The number of hydrogen-bond acceptors (Lipinski definition) is 6. The van der Waals surface area contributed by atoms with Crippen LogP contribution in [0.4, 0.5) is 13.2 Å². The van der Waals surface area contributed by atoms with E-state index in [4.69, 9.17) is 10.5 Å². The third kappa shape index (κ3) is 5.94. The Hall–Kier alpha value is -3.11. The van der Waals surface area contributed by atoms with Gasteiger partial charge >= 0.3 is 12.1 Å². The number of amides is 1. The Bertz CT molecular complexity index is 1050. The van der Waals surface area contributed by atoms with Gasteiger partial charge < -0.3 is 19.5 Å². The Morgan fingerprint density at radius 1 is 1.11 bits per heavy atom. The Morgan fingerprint density at radius 2 is 1.74 bits per heavy atom. The van der Waals surface area contributed by atoms with Crippen LogP contribution in [0.3, 0.4) is 0 Å². The molecule has 1 amide bonds. The van der Waals surface area contributed by atoms with E-state index in [-0.39, 0.29) is 18.8 Å². The van der Waals surface area contributed by atoms with Gasteiger partial charge in [0.05, 0.1) is 13.1 Å². The zero-order chi connectivity index (χ0) is 25.9. The number of carbonyl (C=O) groups excluding carboxylic acids is 2. The smallest absolute Gasteiger partial charge is 0.491 e. The average Bonchev–Trinajstić information content (AvgIpc) is 2.76. The van der Waals surface area contributed by atoms with Gasteiger partial charge in [-0.25, -0.2) is 4.79 Å². The molecule has 3 rings (SSSR count). The van der Waals surface area contributed by atoms with Crippen LogP contribution >= 0.6 is 0 Å². The molecule has 0 radical (unpaired) electrons. The minimum atomic E-state index is -5.33. The summed E-state index contributed by atoms with van der Waals surface area (Å²) in [5.41, 5.74) is 4.73. The fraction of sp³-hybridized carbons (Fsp3) is 0.440. The van der Waals surface area contributed by atoms with Crippen molar-refractivity contribution < 1.29 is 37.3 Å². The molecular weight excluding hydrogens is 465 g/mol. The summed E-state index contributed by atoms with van der Waals surface area (Å²) in [6, 6.07) is 12.9. The lowest BCUT2D eigenvalue weighted by Crippen LogP contribution is -2.70. The molecule has 1 heterocycles. The molecule has 1 aliphatic rings. The standard InChI is InChI=1S/C25H29F3N2O5/c1-3-4-13-34-23(20-8-6-5-7-17(20)2)15-30(16-23)21(32)24(29,35-22(33)25(26,27)28)14-18-9-11-19(31)12-10-18/h5-12,31H,3-4,13-16,29H2,1-2H3. The highest BCUT2D eigenvalue weighted by Gasteiger charge is 2.55. The maximum absolute atomic E-state index is 13.4. The van der Waals surface area contributed by atoms with Crippen LogP contribution in [0.5, 0.6) is 5.75 Å². The lowest BCUT2D eigenvalue weighted by atomic mass is 9.82. The van der Waals surface area contributed by atoms with Crippen molar-refractivity contribution in [3.63, 3.8) is 0 Å². The van der Waals surface area contributed by atoms with Gasteiger partial charge in [0.25, 0.3) is 5.91 Å². The molecule has 7 nitrogen and oxygen atoms in total. The van der Waals surface area contributed by atoms with Crippen LogP contribution < -0.4 is 5.73 Å². The zero-order valence-electron chi connectivity index (χ0n) is 19.6. The molecule has 1 atom stereocenters. The van der Waals surface area contributed by atoms with Gasteiger partial charge in [0.2, 0.25) is 5.72 Å². The van der Waals surface area contributed by atoms with Crippen LogP contribution in [0.15, 0.2) is 48.5 Å². The van der Waals surface area contributed by atoms with Crippen molar-refractivity contribution in [2.45, 2.75) is 50.6 Å². The molecule has 3 N–H and O–H groups in total. The van der Waals surface area contributed by atoms with Gasteiger partial charge in [-0.1, -0.05) is 49.7 Å². The quantitative estimate of drug-likeness (QED) is 0.314. The number of likely N-dealkylation sites (tertiary alicyclic amines) is 1. The second-order valence-electron chi connectivity index (χ2n) is 8.79. The number of benzene rings is 2. The van der Waals surface area contributed by atoms with Gasteiger partial charge in [-0.05, 0) is 42.2 Å². The molecular formula is C25H29F3N2O5. The molecule has 0 bridgehead atoms. The Kier molecular flexibility index (Phi) is 7.76. The lowest BCUT2D eigenvalue weighted by Gasteiger charge is -2.52. The number of phenols is 1. The van der Waals surface area contributed by atoms with E-state index >= 15 is 0 Å². The van der Waals surface area contributed by atoms with Crippen LogP contribution in [-0.2, 0) is 31.1 Å². The summed E-state index contributed by atoms with van der Waals surface area (Å²) in [4.78, 5) is 26.3. The summed E-state index contributed by atoms with van der Waals surface area (Å²) in [6.07, 6.45) is -4.15. The van der Waals surface area contributed by atoms with Crippen molar-refractivity contribution >= 4 is 11.9 Å². The number of unbranched alkanes of at least 4 members (excludes halogenated alkanes) is 1. The van der Waals surface area contributed by atoms with E-state index in [1.165, 1.54) is 29.2 Å². The average molecular weight is 495 g/mol. The summed E-state index contributed by atoms with van der Waals surface area (Å²) in [5, 5.41) is 9.47. The predicted molar refractivity (Wildman–Crippen MR) is 121 cm³/mol. The topological polar surface area (TPSA) is 102 Å². The van der Waals surface area contributed by atoms with Crippen LogP contribution in [0.2, 0.25) is 0 Å². The first-order chi connectivity index (χ1) is 16.4. The van der Waals surface area contributed by atoms with E-state index in [0.29, 0.717) is 12.2 Å². The number of aromatic hydroxyl groups is 1. The monoisotopic (exact) mass is 494 g/mol.